The molecule has 0 aliphatic carbocycles. The minimum Gasteiger partial charge on any atom is -0.744 e. The molecule has 8 N–H and O–H groups in total. The second-order valence-corrected chi connectivity index (χ2v) is 17.4. The fourth-order valence-corrected chi connectivity index (χ4v) is 8.15. The lowest BCUT2D eigenvalue weighted by molar-refractivity contribution is -0.130. The first-order valence-corrected chi connectivity index (χ1v) is 22.0. The molecular weight excluding hydrogens is 989 g/mol. The van der Waals surface area contributed by atoms with Gasteiger partial charge in [0.15, 0.2) is 16.3 Å². The highest BCUT2D eigenvalue weighted by Gasteiger charge is 2.27. The van der Waals surface area contributed by atoms with E-state index in [4.69, 9.17) is 24.4 Å². The smallest absolute Gasteiger partial charge is 0.272 e. The Morgan fingerprint density at radius 3 is 1.80 bits per heavy atom. The monoisotopic (exact) mass is 1020 g/mol. The third-order valence-corrected chi connectivity index (χ3v) is 11.6. The maximum atomic E-state index is 13.5. The number of halogens is 2. The Morgan fingerprint density at radius 1 is 0.717 bits per heavy atom. The molecule has 0 aliphatic rings. The lowest BCUT2D eigenvalue weighted by atomic mass is 10.1. The van der Waals surface area contributed by atoms with Gasteiger partial charge in [-0.3, -0.25) is 20.4 Å². The summed E-state index contributed by atoms with van der Waals surface area (Å²) in [6.45, 7) is 0. The van der Waals surface area contributed by atoms with E-state index in [1.807, 2.05) is 24.3 Å². The summed E-state index contributed by atoms with van der Waals surface area (Å²) in [5.41, 5.74) is 7.87. The van der Waals surface area contributed by atoms with Gasteiger partial charge in [0.25, 0.3) is 11.8 Å². The predicted molar refractivity (Wildman–Crippen MR) is 241 cm³/mol. The summed E-state index contributed by atoms with van der Waals surface area (Å²) in [7, 11) is -8.63. The number of aromatic hydroxyl groups is 1. The van der Waals surface area contributed by atoms with Crippen LogP contribution in [0.4, 0.5) is 17.1 Å². The second-order valence-electron chi connectivity index (χ2n) is 12.2. The number of carbonyl (C=O) groups excluding carboxylic acids is 2. The van der Waals surface area contributed by atoms with Gasteiger partial charge in [0.1, 0.15) is 26.0 Å². The van der Waals surface area contributed by atoms with Crippen molar-refractivity contribution in [3.8, 4) is 5.75 Å². The minimum absolute atomic E-state index is 0.0162. The normalized spacial score (nSPS) is 12.2. The van der Waals surface area contributed by atoms with Crippen LogP contribution in [0.25, 0.3) is 22.9 Å². The Hall–Kier alpha value is -5.53. The Morgan fingerprint density at radius 2 is 1.25 bits per heavy atom. The largest absolute Gasteiger partial charge is 0.744 e. The predicted octanol–water partition coefficient (Wildman–Crippen LogP) is 4.91. The Bertz CT molecular complexity index is 2790. The summed E-state index contributed by atoms with van der Waals surface area (Å²) in [5, 5.41) is 26.4. The summed E-state index contributed by atoms with van der Waals surface area (Å²) < 4.78 is 73.8. The number of hydrogen-bond acceptors (Lipinski definition) is 13. The third kappa shape index (κ3) is 12.3. The van der Waals surface area contributed by atoms with E-state index in [1.165, 1.54) is 37.5 Å². The highest BCUT2D eigenvalue weighted by Crippen LogP contribution is 2.33. The number of nitrogens with zero attached hydrogens (tertiary/aromatic N) is 1. The molecule has 0 aliphatic heterocycles. The van der Waals surface area contributed by atoms with E-state index in [-0.39, 0.29) is 38.5 Å². The number of nitrogens with one attached hydrogen (secondary N) is 7. The molecule has 2 amide bonds. The Balaban J connectivity index is 1.31. The number of phenolic OH excluding ortho intramolecular Hbond substituents is 1. The van der Waals surface area contributed by atoms with Crippen molar-refractivity contribution in [3.05, 3.63) is 117 Å². The van der Waals surface area contributed by atoms with Crippen molar-refractivity contribution < 1.29 is 40.6 Å². The van der Waals surface area contributed by atoms with Crippen LogP contribution in [0.1, 0.15) is 16.7 Å². The van der Waals surface area contributed by atoms with Gasteiger partial charge in [0.05, 0.1) is 25.0 Å². The van der Waals surface area contributed by atoms with Crippen molar-refractivity contribution in [2.75, 3.05) is 23.0 Å². The van der Waals surface area contributed by atoms with E-state index >= 15 is 0 Å². The molecule has 0 spiro atoms. The number of thiocarbonyl (C=S) groups is 2. The summed E-state index contributed by atoms with van der Waals surface area (Å²) in [5.74, 6) is -1.84. The molecule has 312 valence electrons. The number of benzene rings is 5. The molecule has 0 saturated carbocycles. The van der Waals surface area contributed by atoms with E-state index in [0.717, 1.165) is 35.1 Å². The first-order valence-electron chi connectivity index (χ1n) is 16.8. The lowest BCUT2D eigenvalue weighted by Crippen LogP contribution is -2.54. The molecule has 0 bridgehead atoms. The zero-order chi connectivity index (χ0) is 43.8. The number of hydrazine groups is 1. The number of carbonyl (C=O) groups is 2. The van der Waals surface area contributed by atoms with Gasteiger partial charge >= 0.3 is 0 Å². The first-order chi connectivity index (χ1) is 28.3. The van der Waals surface area contributed by atoms with Crippen LogP contribution in [-0.4, -0.2) is 72.4 Å². The van der Waals surface area contributed by atoms with Crippen LogP contribution in [0.2, 0.25) is 0 Å². The number of anilines is 3. The number of rotatable bonds is 12. The van der Waals surface area contributed by atoms with Crippen LogP contribution in [0.15, 0.2) is 115 Å². The maximum absolute atomic E-state index is 13.5. The van der Waals surface area contributed by atoms with Gasteiger partial charge in [-0.1, -0.05) is 54.6 Å². The molecule has 5 aromatic carbocycles. The van der Waals surface area contributed by atoms with Crippen LogP contribution in [0.3, 0.4) is 0 Å². The van der Waals surface area contributed by atoms with Gasteiger partial charge in [0, 0.05) is 24.1 Å². The highest BCUT2D eigenvalue weighted by molar-refractivity contribution is 9.11. The van der Waals surface area contributed by atoms with Crippen molar-refractivity contribution in [3.63, 3.8) is 0 Å². The zero-order valence-corrected chi connectivity index (χ0v) is 37.0. The van der Waals surface area contributed by atoms with Crippen molar-refractivity contribution in [1.82, 2.24) is 21.6 Å². The number of fused-ring (bicyclic) bond motifs is 1. The molecule has 5 aromatic rings. The molecule has 0 aromatic heterocycles. The van der Waals surface area contributed by atoms with Crippen LogP contribution in [0, 0.1) is 0 Å². The fraction of sp³-hybridized carbons (Fsp3) is 0.0541. The standard InChI is InChI=1S/C37H32Br2N8O9S4/c1-40-36(57)43-26-12-9-22(30(17-26)59(51,52)53)6-7-23-10-13-27(18-31(23)60(54,55)56)44-37(58)47-46-35(50)32(42-25-11-8-21-4-2-3-5-24(21)16-25)34(49)45-41-19-20-14-28(38)33(48)29(39)15-20/h2-19,32,42,48H,1H3,(H,45,49)(H,46,50)(H2,40,43,57)(H2,44,47,58)(H,51,52,53)(H,54,55,56)/p-2/b7-6+,41-19-. The molecule has 17 nitrogen and oxygen atoms in total. The summed E-state index contributed by atoms with van der Waals surface area (Å²) in [6.07, 6.45) is 3.58. The number of hydrogen-bond donors (Lipinski definition) is 8. The molecule has 1 atom stereocenters. The van der Waals surface area contributed by atoms with Crippen LogP contribution in [-0.2, 0) is 29.8 Å². The van der Waals surface area contributed by atoms with E-state index < -0.39 is 47.9 Å². The maximum Gasteiger partial charge on any atom is 0.272 e. The lowest BCUT2D eigenvalue weighted by Gasteiger charge is -2.20. The van der Waals surface area contributed by atoms with Crippen molar-refractivity contribution >= 4 is 145 Å². The Kier molecular flexibility index (Phi) is 14.9. The number of amides is 2. The van der Waals surface area contributed by atoms with Crippen LogP contribution in [0.5, 0.6) is 5.75 Å². The molecule has 1 unspecified atom stereocenters. The number of phenols is 1. The fourth-order valence-electron chi connectivity index (χ4n) is 5.25. The van der Waals surface area contributed by atoms with Gasteiger partial charge in [-0.05, 0) is 132 Å². The van der Waals surface area contributed by atoms with Gasteiger partial charge in [-0.25, -0.2) is 22.3 Å². The van der Waals surface area contributed by atoms with E-state index in [9.17, 15) is 40.6 Å². The van der Waals surface area contributed by atoms with Gasteiger partial charge in [-0.2, -0.15) is 5.10 Å². The van der Waals surface area contributed by atoms with Gasteiger partial charge in [0.2, 0.25) is 0 Å². The zero-order valence-electron chi connectivity index (χ0n) is 30.5. The van der Waals surface area contributed by atoms with E-state index in [0.29, 0.717) is 20.2 Å². The average Bonchev–Trinajstić information content (AvgIpc) is 3.19. The molecule has 5 rings (SSSR count). The summed E-state index contributed by atoms with van der Waals surface area (Å²) >= 11 is 16.7. The average molecular weight is 1020 g/mol. The molecule has 23 heteroatoms. The minimum atomic E-state index is -5.15. The molecule has 60 heavy (non-hydrogen) atoms. The van der Waals surface area contributed by atoms with Crippen molar-refractivity contribution in [2.45, 2.75) is 15.8 Å². The molecule has 0 heterocycles. The SMILES string of the molecule is CNC(=S)Nc1ccc(/C=C/c2ccc(NC(=S)NNC(=O)C(Nc3ccc4ccccc4c3)C(=O)N/N=C\c3cc(Br)c(O)c(Br)c3)cc2S(=O)(=O)[O-])c(S(=O)(=O)[O-])c1. The second kappa shape index (κ2) is 19.7. The third-order valence-electron chi connectivity index (χ3n) is 8.06. The summed E-state index contributed by atoms with van der Waals surface area (Å²) in [6, 6.07) is 21.4. The molecule has 0 saturated heterocycles. The van der Waals surface area contributed by atoms with Gasteiger partial charge < -0.3 is 35.5 Å². The van der Waals surface area contributed by atoms with Gasteiger partial charge in [-0.15, -0.1) is 0 Å². The topological polar surface area (TPSA) is 265 Å². The van der Waals surface area contributed by atoms with Crippen molar-refractivity contribution in [2.24, 2.45) is 5.10 Å². The van der Waals surface area contributed by atoms with Crippen LogP contribution >= 0.6 is 56.3 Å². The summed E-state index contributed by atoms with van der Waals surface area (Å²) in [4.78, 5) is 25.5. The number of hydrazone groups is 1. The Labute approximate surface area is 370 Å². The molecule has 0 radical (unpaired) electrons. The van der Waals surface area contributed by atoms with E-state index in [2.05, 4.69) is 74.5 Å². The molecule has 0 fully saturated rings. The quantitative estimate of drug-likeness (QED) is 0.0206. The van der Waals surface area contributed by atoms with E-state index in [1.54, 1.807) is 30.3 Å². The van der Waals surface area contributed by atoms with Crippen LogP contribution < -0.4 is 37.5 Å². The highest BCUT2D eigenvalue weighted by atomic mass is 79.9. The first kappa shape index (κ1) is 45.6. The van der Waals surface area contributed by atoms with Crippen molar-refractivity contribution in [1.29, 1.82) is 0 Å². The molecular formula is C37H30Br2N8O9S4-2.